The van der Waals surface area contributed by atoms with E-state index in [0.29, 0.717) is 5.92 Å². The molecule has 15 heavy (non-hydrogen) atoms. The molecule has 2 rings (SSSR count). The van der Waals surface area contributed by atoms with Gasteiger partial charge in [0.15, 0.2) is 0 Å². The van der Waals surface area contributed by atoms with E-state index >= 15 is 0 Å². The first kappa shape index (κ1) is 11.1. The van der Waals surface area contributed by atoms with E-state index < -0.39 is 0 Å². The summed E-state index contributed by atoms with van der Waals surface area (Å²) in [6, 6.07) is 0. The lowest BCUT2D eigenvalue weighted by atomic mass is 9.92. The number of aliphatic hydroxyl groups excluding tert-OH is 1. The minimum atomic E-state index is 0.268. The van der Waals surface area contributed by atoms with Crippen LogP contribution in [0.15, 0.2) is 0 Å². The highest BCUT2D eigenvalue weighted by atomic mass is 32.1. The molecule has 0 fully saturated rings. The van der Waals surface area contributed by atoms with Gasteiger partial charge in [0.1, 0.15) is 0 Å². The molecular weight excluding hydrogens is 206 g/mol. The Morgan fingerprint density at radius 1 is 1.53 bits per heavy atom. The molecule has 0 amide bonds. The van der Waals surface area contributed by atoms with E-state index in [0.717, 1.165) is 12.8 Å². The average molecular weight is 225 g/mol. The van der Waals surface area contributed by atoms with Crippen molar-refractivity contribution in [2.45, 2.75) is 51.4 Å². The Kier molecular flexibility index (Phi) is 3.76. The molecular formula is C12H19NOS. The standard InChI is InChI=1S/C12H19NOS/c1-2-3-7-11-13-12-9(8-14)5-4-6-10(12)15-11/h9,14H,2-8H2,1H3. The van der Waals surface area contributed by atoms with Crippen LogP contribution in [-0.4, -0.2) is 16.7 Å². The van der Waals surface area contributed by atoms with Crippen molar-refractivity contribution in [3.63, 3.8) is 0 Å². The molecule has 3 heteroatoms. The Morgan fingerprint density at radius 2 is 2.40 bits per heavy atom. The number of hydrogen-bond acceptors (Lipinski definition) is 3. The van der Waals surface area contributed by atoms with Crippen LogP contribution in [0.25, 0.3) is 0 Å². The average Bonchev–Trinajstić information content (AvgIpc) is 2.68. The SMILES string of the molecule is CCCCc1nc2c(s1)CCCC2CO. The second-order valence-electron chi connectivity index (χ2n) is 4.29. The lowest BCUT2D eigenvalue weighted by molar-refractivity contribution is 0.251. The molecule has 0 saturated heterocycles. The van der Waals surface area contributed by atoms with Crippen molar-refractivity contribution < 1.29 is 5.11 Å². The topological polar surface area (TPSA) is 33.1 Å². The van der Waals surface area contributed by atoms with Gasteiger partial charge in [-0.25, -0.2) is 4.98 Å². The van der Waals surface area contributed by atoms with Crippen molar-refractivity contribution in [1.29, 1.82) is 0 Å². The van der Waals surface area contributed by atoms with Crippen LogP contribution >= 0.6 is 11.3 Å². The summed E-state index contributed by atoms with van der Waals surface area (Å²) in [5.74, 6) is 0.320. The fraction of sp³-hybridized carbons (Fsp3) is 0.750. The zero-order valence-electron chi connectivity index (χ0n) is 9.33. The van der Waals surface area contributed by atoms with E-state index in [1.165, 1.54) is 41.3 Å². The van der Waals surface area contributed by atoms with Crippen molar-refractivity contribution in [2.75, 3.05) is 6.61 Å². The Bertz CT molecular complexity index is 321. The van der Waals surface area contributed by atoms with Crippen LogP contribution in [0.3, 0.4) is 0 Å². The molecule has 1 aromatic rings. The predicted octanol–water partition coefficient (Wildman–Crippen LogP) is 2.90. The highest BCUT2D eigenvalue weighted by Crippen LogP contribution is 2.34. The first-order valence-corrected chi connectivity index (χ1v) is 6.76. The first-order valence-electron chi connectivity index (χ1n) is 5.94. The Balaban J connectivity index is 2.14. The highest BCUT2D eigenvalue weighted by molar-refractivity contribution is 7.11. The summed E-state index contributed by atoms with van der Waals surface area (Å²) in [6.07, 6.45) is 7.08. The van der Waals surface area contributed by atoms with Gasteiger partial charge in [-0.15, -0.1) is 11.3 Å². The number of aliphatic hydroxyl groups is 1. The van der Waals surface area contributed by atoms with Gasteiger partial charge < -0.3 is 5.11 Å². The first-order chi connectivity index (χ1) is 7.35. The molecule has 1 atom stereocenters. The summed E-state index contributed by atoms with van der Waals surface area (Å²) in [5.41, 5.74) is 1.21. The third-order valence-corrected chi connectivity index (χ3v) is 4.27. The summed E-state index contributed by atoms with van der Waals surface area (Å²) < 4.78 is 0. The maximum absolute atomic E-state index is 9.29. The molecule has 0 saturated carbocycles. The van der Waals surface area contributed by atoms with E-state index in [-0.39, 0.29) is 6.61 Å². The zero-order chi connectivity index (χ0) is 10.7. The monoisotopic (exact) mass is 225 g/mol. The van der Waals surface area contributed by atoms with Crippen molar-refractivity contribution in [3.05, 3.63) is 15.6 Å². The van der Waals surface area contributed by atoms with Gasteiger partial charge in [0.2, 0.25) is 0 Å². The van der Waals surface area contributed by atoms with Crippen LogP contribution in [-0.2, 0) is 12.8 Å². The van der Waals surface area contributed by atoms with E-state index in [1.54, 1.807) is 0 Å². The lowest BCUT2D eigenvalue weighted by Crippen LogP contribution is -2.11. The number of hydrogen-bond donors (Lipinski definition) is 1. The molecule has 2 nitrogen and oxygen atoms in total. The third kappa shape index (κ3) is 2.40. The van der Waals surface area contributed by atoms with Crippen molar-refractivity contribution in [3.8, 4) is 0 Å². The summed E-state index contributed by atoms with van der Waals surface area (Å²) in [7, 11) is 0. The number of aryl methyl sites for hydroxylation is 2. The van der Waals surface area contributed by atoms with Gasteiger partial charge >= 0.3 is 0 Å². The molecule has 1 N–H and O–H groups in total. The molecule has 84 valence electrons. The fourth-order valence-corrected chi connectivity index (χ4v) is 3.41. The molecule has 0 bridgehead atoms. The number of thiazole rings is 1. The van der Waals surface area contributed by atoms with Crippen LogP contribution in [0.5, 0.6) is 0 Å². The van der Waals surface area contributed by atoms with Gasteiger partial charge in [0.25, 0.3) is 0 Å². The molecule has 0 spiro atoms. The van der Waals surface area contributed by atoms with Gasteiger partial charge in [-0.3, -0.25) is 0 Å². The van der Waals surface area contributed by atoms with Crippen LogP contribution < -0.4 is 0 Å². The van der Waals surface area contributed by atoms with Gasteiger partial charge in [-0.05, 0) is 32.1 Å². The largest absolute Gasteiger partial charge is 0.396 e. The minimum absolute atomic E-state index is 0.268. The minimum Gasteiger partial charge on any atom is -0.396 e. The van der Waals surface area contributed by atoms with Crippen LogP contribution in [0.4, 0.5) is 0 Å². The zero-order valence-corrected chi connectivity index (χ0v) is 10.1. The number of nitrogens with zero attached hydrogens (tertiary/aromatic N) is 1. The Morgan fingerprint density at radius 3 is 3.13 bits per heavy atom. The maximum atomic E-state index is 9.29. The summed E-state index contributed by atoms with van der Waals surface area (Å²) in [5, 5.41) is 10.6. The van der Waals surface area contributed by atoms with E-state index in [2.05, 4.69) is 6.92 Å². The number of fused-ring (bicyclic) bond motifs is 1. The van der Waals surface area contributed by atoms with Crippen LogP contribution in [0.2, 0.25) is 0 Å². The number of unbranched alkanes of at least 4 members (excludes halogenated alkanes) is 1. The van der Waals surface area contributed by atoms with Crippen LogP contribution in [0, 0.1) is 0 Å². The molecule has 1 aliphatic rings. The molecule has 0 aromatic carbocycles. The second-order valence-corrected chi connectivity index (χ2v) is 5.46. The Labute approximate surface area is 95.4 Å². The van der Waals surface area contributed by atoms with Crippen LogP contribution in [0.1, 0.15) is 54.1 Å². The fourth-order valence-electron chi connectivity index (χ4n) is 2.17. The summed E-state index contributed by atoms with van der Waals surface area (Å²) >= 11 is 1.87. The highest BCUT2D eigenvalue weighted by Gasteiger charge is 2.23. The molecule has 1 aromatic heterocycles. The van der Waals surface area contributed by atoms with Gasteiger partial charge in [0.05, 0.1) is 17.3 Å². The lowest BCUT2D eigenvalue weighted by Gasteiger charge is -2.18. The van der Waals surface area contributed by atoms with Crippen molar-refractivity contribution in [2.24, 2.45) is 0 Å². The van der Waals surface area contributed by atoms with Gasteiger partial charge in [0, 0.05) is 10.8 Å². The summed E-state index contributed by atoms with van der Waals surface area (Å²) in [4.78, 5) is 6.14. The number of rotatable bonds is 4. The van der Waals surface area contributed by atoms with Crippen molar-refractivity contribution in [1.82, 2.24) is 4.98 Å². The molecule has 1 heterocycles. The van der Waals surface area contributed by atoms with E-state index in [1.807, 2.05) is 11.3 Å². The molecule has 1 aliphatic carbocycles. The Hall–Kier alpha value is -0.410. The predicted molar refractivity (Wildman–Crippen MR) is 63.5 cm³/mol. The van der Waals surface area contributed by atoms with E-state index in [4.69, 9.17) is 4.98 Å². The normalized spacial score (nSPS) is 20.3. The molecule has 0 radical (unpaired) electrons. The van der Waals surface area contributed by atoms with Gasteiger partial charge in [-0.1, -0.05) is 13.3 Å². The molecule has 1 unspecified atom stereocenters. The molecule has 0 aliphatic heterocycles. The summed E-state index contributed by atoms with van der Waals surface area (Å²) in [6.45, 7) is 2.48. The van der Waals surface area contributed by atoms with E-state index in [9.17, 15) is 5.11 Å². The maximum Gasteiger partial charge on any atom is 0.0931 e. The van der Waals surface area contributed by atoms with Crippen molar-refractivity contribution >= 4 is 11.3 Å². The number of aromatic nitrogens is 1. The van der Waals surface area contributed by atoms with Gasteiger partial charge in [-0.2, -0.15) is 0 Å². The smallest absolute Gasteiger partial charge is 0.0931 e. The third-order valence-electron chi connectivity index (χ3n) is 3.08. The quantitative estimate of drug-likeness (QED) is 0.854. The second kappa shape index (κ2) is 5.08.